The average Bonchev–Trinajstić information content (AvgIpc) is 2.75. The minimum Gasteiger partial charge on any atom is -0.383 e. The molecule has 0 saturated heterocycles. The number of nitrogens with two attached hydrogens (primary N) is 1. The Kier molecular flexibility index (Phi) is 5.59. The van der Waals surface area contributed by atoms with Gasteiger partial charge in [0.1, 0.15) is 17.3 Å². The van der Waals surface area contributed by atoms with E-state index in [-0.39, 0.29) is 0 Å². The van der Waals surface area contributed by atoms with Crippen LogP contribution >= 0.6 is 11.8 Å². The molecule has 4 rings (SSSR count). The van der Waals surface area contributed by atoms with Crippen molar-refractivity contribution in [3.8, 4) is 11.8 Å². The molecule has 0 bridgehead atoms. The highest BCUT2D eigenvalue weighted by Crippen LogP contribution is 2.24. The van der Waals surface area contributed by atoms with Crippen LogP contribution in [0.4, 0.5) is 17.3 Å². The molecule has 0 aliphatic carbocycles. The van der Waals surface area contributed by atoms with E-state index >= 15 is 0 Å². The first-order chi connectivity index (χ1) is 14.2. The van der Waals surface area contributed by atoms with Gasteiger partial charge in [0.25, 0.3) is 0 Å². The van der Waals surface area contributed by atoms with E-state index in [1.54, 1.807) is 12.4 Å². The molecule has 3 heterocycles. The lowest BCUT2D eigenvalue weighted by atomic mass is 10.1. The number of aromatic nitrogens is 3. The fourth-order valence-corrected chi connectivity index (χ4v) is 3.49. The van der Waals surface area contributed by atoms with Crippen LogP contribution in [-0.4, -0.2) is 20.7 Å². The first-order valence-electron chi connectivity index (χ1n) is 9.20. The Bertz CT molecular complexity index is 1210. The molecular weight excluding hydrogens is 378 g/mol. The van der Waals surface area contributed by atoms with Crippen LogP contribution in [0.15, 0.2) is 72.0 Å². The van der Waals surface area contributed by atoms with Crippen molar-refractivity contribution in [2.45, 2.75) is 11.8 Å². The van der Waals surface area contributed by atoms with Gasteiger partial charge in [0, 0.05) is 39.9 Å². The number of benzene rings is 1. The number of nitrogens with one attached hydrogen (secondary N) is 1. The maximum atomic E-state index is 5.88. The van der Waals surface area contributed by atoms with Crippen molar-refractivity contribution < 1.29 is 0 Å². The maximum absolute atomic E-state index is 5.88. The van der Waals surface area contributed by atoms with Crippen LogP contribution in [0, 0.1) is 11.8 Å². The highest BCUT2D eigenvalue weighted by atomic mass is 32.2. The van der Waals surface area contributed by atoms with E-state index in [2.05, 4.69) is 63.3 Å². The standard InChI is InChI=1S/C23H19N5S/c1-2-29-19-8-6-18(7-9-19)28-22-14-20-17(15-27-22)11-13-25-21(20)10-5-16-4-3-12-26-23(16)24/h3-4,6-9,11-15H,2H2,1H3,(H2,24,26)(H,27,28). The van der Waals surface area contributed by atoms with Gasteiger partial charge in [-0.15, -0.1) is 11.8 Å². The smallest absolute Gasteiger partial charge is 0.139 e. The summed E-state index contributed by atoms with van der Waals surface area (Å²) in [5.41, 5.74) is 8.22. The Labute approximate surface area is 173 Å². The molecule has 6 heteroatoms. The van der Waals surface area contributed by atoms with Crippen LogP contribution < -0.4 is 11.1 Å². The SMILES string of the molecule is CCSc1ccc(Nc2cc3c(C#Cc4cccnc4N)nccc3cn2)cc1. The first-order valence-corrected chi connectivity index (χ1v) is 10.2. The number of nitrogens with zero attached hydrogens (tertiary/aromatic N) is 3. The van der Waals surface area contributed by atoms with E-state index < -0.39 is 0 Å². The lowest BCUT2D eigenvalue weighted by Gasteiger charge is -2.08. The van der Waals surface area contributed by atoms with Crippen LogP contribution in [0.2, 0.25) is 0 Å². The number of hydrogen-bond donors (Lipinski definition) is 2. The molecular formula is C23H19N5S. The third kappa shape index (κ3) is 4.48. The number of hydrogen-bond acceptors (Lipinski definition) is 6. The molecule has 1 aromatic carbocycles. The van der Waals surface area contributed by atoms with Crippen molar-refractivity contribution in [3.05, 3.63) is 78.4 Å². The summed E-state index contributed by atoms with van der Waals surface area (Å²) in [4.78, 5) is 14.3. The molecule has 0 spiro atoms. The van der Waals surface area contributed by atoms with Gasteiger partial charge in [-0.3, -0.25) is 0 Å². The fourth-order valence-electron chi connectivity index (χ4n) is 2.83. The zero-order chi connectivity index (χ0) is 20.1. The second-order valence-corrected chi connectivity index (χ2v) is 7.56. The molecule has 0 amide bonds. The Hall–Kier alpha value is -3.56. The maximum Gasteiger partial charge on any atom is 0.139 e. The number of nitrogen functional groups attached to an aromatic ring is 1. The van der Waals surface area contributed by atoms with Gasteiger partial charge in [0.15, 0.2) is 0 Å². The van der Waals surface area contributed by atoms with Gasteiger partial charge in [-0.2, -0.15) is 0 Å². The van der Waals surface area contributed by atoms with Crippen molar-refractivity contribution in [3.63, 3.8) is 0 Å². The van der Waals surface area contributed by atoms with Crippen molar-refractivity contribution in [2.75, 3.05) is 16.8 Å². The Morgan fingerprint density at radius 1 is 1.00 bits per heavy atom. The predicted octanol–water partition coefficient (Wildman–Crippen LogP) is 4.86. The quantitative estimate of drug-likeness (QED) is 0.378. The molecule has 0 atom stereocenters. The van der Waals surface area contributed by atoms with E-state index in [1.165, 1.54) is 4.90 Å². The van der Waals surface area contributed by atoms with Gasteiger partial charge < -0.3 is 11.1 Å². The zero-order valence-electron chi connectivity index (χ0n) is 15.9. The average molecular weight is 398 g/mol. The van der Waals surface area contributed by atoms with Gasteiger partial charge in [0.05, 0.1) is 5.56 Å². The van der Waals surface area contributed by atoms with Crippen LogP contribution in [0.1, 0.15) is 18.2 Å². The molecule has 0 unspecified atom stereocenters. The fraction of sp³-hybridized carbons (Fsp3) is 0.0870. The first kappa shape index (κ1) is 18.8. The molecule has 3 aromatic heterocycles. The van der Waals surface area contributed by atoms with Gasteiger partial charge in [0.2, 0.25) is 0 Å². The molecule has 4 aromatic rings. The Morgan fingerprint density at radius 3 is 2.66 bits per heavy atom. The molecule has 0 fully saturated rings. The Morgan fingerprint density at radius 2 is 1.86 bits per heavy atom. The van der Waals surface area contributed by atoms with E-state index in [0.717, 1.165) is 28.0 Å². The van der Waals surface area contributed by atoms with E-state index in [1.807, 2.05) is 42.2 Å². The lowest BCUT2D eigenvalue weighted by Crippen LogP contribution is -1.95. The minimum atomic E-state index is 0.411. The molecule has 0 aliphatic heterocycles. The van der Waals surface area contributed by atoms with E-state index in [4.69, 9.17) is 5.73 Å². The largest absolute Gasteiger partial charge is 0.383 e. The topological polar surface area (TPSA) is 76.7 Å². The minimum absolute atomic E-state index is 0.411. The molecule has 29 heavy (non-hydrogen) atoms. The highest BCUT2D eigenvalue weighted by molar-refractivity contribution is 7.99. The highest BCUT2D eigenvalue weighted by Gasteiger charge is 2.04. The number of rotatable bonds is 4. The van der Waals surface area contributed by atoms with Crippen LogP contribution in [0.5, 0.6) is 0 Å². The number of thioether (sulfide) groups is 1. The van der Waals surface area contributed by atoms with Crippen molar-refractivity contribution in [1.29, 1.82) is 0 Å². The number of anilines is 3. The molecule has 0 radical (unpaired) electrons. The summed E-state index contributed by atoms with van der Waals surface area (Å²) in [5, 5.41) is 5.25. The van der Waals surface area contributed by atoms with Crippen LogP contribution in [0.25, 0.3) is 10.8 Å². The van der Waals surface area contributed by atoms with Gasteiger partial charge in [-0.1, -0.05) is 12.8 Å². The molecule has 142 valence electrons. The summed E-state index contributed by atoms with van der Waals surface area (Å²) in [7, 11) is 0. The molecule has 0 saturated carbocycles. The van der Waals surface area contributed by atoms with Gasteiger partial charge in [-0.05, 0) is 60.2 Å². The molecule has 0 aliphatic rings. The second-order valence-electron chi connectivity index (χ2n) is 6.22. The summed E-state index contributed by atoms with van der Waals surface area (Å²) in [6, 6.07) is 15.9. The monoisotopic (exact) mass is 397 g/mol. The van der Waals surface area contributed by atoms with Crippen molar-refractivity contribution >= 4 is 39.9 Å². The van der Waals surface area contributed by atoms with Crippen molar-refractivity contribution in [1.82, 2.24) is 15.0 Å². The zero-order valence-corrected chi connectivity index (χ0v) is 16.7. The predicted molar refractivity (Wildman–Crippen MR) is 120 cm³/mol. The lowest BCUT2D eigenvalue weighted by molar-refractivity contribution is 1.29. The van der Waals surface area contributed by atoms with Crippen LogP contribution in [-0.2, 0) is 0 Å². The molecule has 5 nitrogen and oxygen atoms in total. The van der Waals surface area contributed by atoms with Gasteiger partial charge in [-0.25, -0.2) is 15.0 Å². The summed E-state index contributed by atoms with van der Waals surface area (Å²) in [6.45, 7) is 2.15. The Balaban J connectivity index is 1.65. The summed E-state index contributed by atoms with van der Waals surface area (Å²) in [6.07, 6.45) is 5.20. The third-order valence-corrected chi connectivity index (χ3v) is 5.13. The van der Waals surface area contributed by atoms with E-state index in [0.29, 0.717) is 17.1 Å². The van der Waals surface area contributed by atoms with Crippen molar-refractivity contribution in [2.24, 2.45) is 0 Å². The molecule has 3 N–H and O–H groups in total. The number of fused-ring (bicyclic) bond motifs is 1. The van der Waals surface area contributed by atoms with Crippen LogP contribution in [0.3, 0.4) is 0 Å². The summed E-state index contributed by atoms with van der Waals surface area (Å²) >= 11 is 1.82. The number of pyridine rings is 3. The third-order valence-electron chi connectivity index (χ3n) is 4.24. The van der Waals surface area contributed by atoms with Gasteiger partial charge >= 0.3 is 0 Å². The van der Waals surface area contributed by atoms with E-state index in [9.17, 15) is 0 Å². The summed E-state index contributed by atoms with van der Waals surface area (Å²) in [5.74, 6) is 8.39. The second kappa shape index (κ2) is 8.63. The summed E-state index contributed by atoms with van der Waals surface area (Å²) < 4.78 is 0. The normalized spacial score (nSPS) is 10.4.